The third kappa shape index (κ3) is 4.61. The third-order valence-electron chi connectivity index (χ3n) is 4.54. The van der Waals surface area contributed by atoms with Crippen molar-refractivity contribution in [2.75, 3.05) is 32.0 Å². The molecule has 0 aliphatic carbocycles. The number of nitrogens with zero attached hydrogens (tertiary/aromatic N) is 2. The minimum atomic E-state index is 0.00863. The second kappa shape index (κ2) is 8.75. The Kier molecular flexibility index (Phi) is 6.16. The number of ether oxygens (including phenoxy) is 1. The number of amides is 1. The van der Waals surface area contributed by atoms with Gasteiger partial charge in [-0.25, -0.2) is 4.98 Å². The number of nitrogens with two attached hydrogens (primary N) is 2. The Morgan fingerprint density at radius 1 is 1.25 bits per heavy atom. The van der Waals surface area contributed by atoms with Crippen LogP contribution in [0.2, 0.25) is 0 Å². The Bertz CT molecular complexity index is 873. The number of aromatic nitrogens is 1. The summed E-state index contributed by atoms with van der Waals surface area (Å²) < 4.78 is 5.32. The molecule has 1 saturated heterocycles. The molecular formula is C21H27N5O2. The summed E-state index contributed by atoms with van der Waals surface area (Å²) in [5.74, 6) is 0.373. The average Bonchev–Trinajstić information content (AvgIpc) is 2.72. The van der Waals surface area contributed by atoms with Crippen LogP contribution in [0.5, 0.6) is 0 Å². The lowest BCUT2D eigenvalue weighted by atomic mass is 10.0. The molecule has 7 nitrogen and oxygen atoms in total. The van der Waals surface area contributed by atoms with Crippen molar-refractivity contribution < 1.29 is 9.53 Å². The SMILES string of the molecule is CC(C)N/C=C(\N)c1cc(-c2cccc(C(=O)N3CCOCC3)c2)cnc1N. The fourth-order valence-electron chi connectivity index (χ4n) is 2.98. The van der Waals surface area contributed by atoms with Crippen molar-refractivity contribution in [3.63, 3.8) is 0 Å². The van der Waals surface area contributed by atoms with E-state index in [1.807, 2.05) is 49.1 Å². The van der Waals surface area contributed by atoms with Gasteiger partial charge in [0.25, 0.3) is 5.91 Å². The van der Waals surface area contributed by atoms with Crippen molar-refractivity contribution in [2.45, 2.75) is 19.9 Å². The topological polar surface area (TPSA) is 106 Å². The van der Waals surface area contributed by atoms with Crippen LogP contribution in [-0.2, 0) is 4.74 Å². The summed E-state index contributed by atoms with van der Waals surface area (Å²) in [6.07, 6.45) is 3.43. The van der Waals surface area contributed by atoms with Crippen LogP contribution in [0.4, 0.5) is 5.82 Å². The molecule has 7 heteroatoms. The van der Waals surface area contributed by atoms with Gasteiger partial charge in [-0.15, -0.1) is 0 Å². The molecule has 1 aliphatic heterocycles. The van der Waals surface area contributed by atoms with Crippen LogP contribution in [0, 0.1) is 0 Å². The number of rotatable bonds is 5. The van der Waals surface area contributed by atoms with Gasteiger partial charge in [-0.2, -0.15) is 0 Å². The van der Waals surface area contributed by atoms with Gasteiger partial charge in [0, 0.05) is 48.2 Å². The molecule has 0 atom stereocenters. The summed E-state index contributed by atoms with van der Waals surface area (Å²) in [5.41, 5.74) is 15.7. The Balaban J connectivity index is 1.88. The maximum absolute atomic E-state index is 12.8. The number of carbonyl (C=O) groups excluding carboxylic acids is 1. The zero-order valence-corrected chi connectivity index (χ0v) is 16.3. The monoisotopic (exact) mass is 381 g/mol. The first-order chi connectivity index (χ1) is 13.5. The molecule has 0 bridgehead atoms. The third-order valence-corrected chi connectivity index (χ3v) is 4.54. The molecule has 1 amide bonds. The molecule has 148 valence electrons. The van der Waals surface area contributed by atoms with E-state index < -0.39 is 0 Å². The molecule has 0 saturated carbocycles. The van der Waals surface area contributed by atoms with Gasteiger partial charge in [-0.3, -0.25) is 4.79 Å². The normalized spacial score (nSPS) is 15.0. The van der Waals surface area contributed by atoms with E-state index in [-0.39, 0.29) is 11.9 Å². The van der Waals surface area contributed by atoms with E-state index in [1.54, 1.807) is 12.4 Å². The molecule has 0 radical (unpaired) electrons. The Labute approximate surface area is 165 Å². The minimum Gasteiger partial charge on any atom is -0.397 e. The minimum absolute atomic E-state index is 0.00863. The maximum Gasteiger partial charge on any atom is 0.254 e. The maximum atomic E-state index is 12.8. The number of pyridine rings is 1. The number of hydrogen-bond acceptors (Lipinski definition) is 6. The van der Waals surface area contributed by atoms with Crippen LogP contribution in [0.15, 0.2) is 42.7 Å². The number of nitrogen functional groups attached to an aromatic ring is 1. The summed E-state index contributed by atoms with van der Waals surface area (Å²) in [5, 5.41) is 3.16. The van der Waals surface area contributed by atoms with Crippen molar-refractivity contribution in [3.05, 3.63) is 53.9 Å². The van der Waals surface area contributed by atoms with Crippen LogP contribution in [-0.4, -0.2) is 48.1 Å². The Hall–Kier alpha value is -3.06. The number of hydrogen-bond donors (Lipinski definition) is 3. The van der Waals surface area contributed by atoms with Gasteiger partial charge in [-0.1, -0.05) is 12.1 Å². The van der Waals surface area contributed by atoms with Gasteiger partial charge in [0.2, 0.25) is 0 Å². The van der Waals surface area contributed by atoms with Gasteiger partial charge in [0.05, 0.1) is 18.9 Å². The Morgan fingerprint density at radius 3 is 2.71 bits per heavy atom. The lowest BCUT2D eigenvalue weighted by molar-refractivity contribution is 0.0303. The highest BCUT2D eigenvalue weighted by Gasteiger charge is 2.19. The van der Waals surface area contributed by atoms with E-state index in [1.165, 1.54) is 0 Å². The predicted octanol–water partition coefficient (Wildman–Crippen LogP) is 2.06. The first kappa shape index (κ1) is 19.7. The van der Waals surface area contributed by atoms with Crippen LogP contribution in [0.25, 0.3) is 16.8 Å². The van der Waals surface area contributed by atoms with Crippen molar-refractivity contribution >= 4 is 17.4 Å². The highest BCUT2D eigenvalue weighted by Crippen LogP contribution is 2.26. The summed E-state index contributed by atoms with van der Waals surface area (Å²) in [6.45, 7) is 6.43. The van der Waals surface area contributed by atoms with Crippen molar-refractivity contribution in [2.24, 2.45) is 5.73 Å². The number of carbonyl (C=O) groups is 1. The number of benzene rings is 1. The van der Waals surface area contributed by atoms with Crippen LogP contribution < -0.4 is 16.8 Å². The second-order valence-electron chi connectivity index (χ2n) is 7.06. The van der Waals surface area contributed by atoms with Gasteiger partial charge in [0.1, 0.15) is 5.82 Å². The number of morpholine rings is 1. The quantitative estimate of drug-likeness (QED) is 0.732. The van der Waals surface area contributed by atoms with Gasteiger partial charge in [0.15, 0.2) is 0 Å². The first-order valence-electron chi connectivity index (χ1n) is 9.40. The van der Waals surface area contributed by atoms with E-state index in [0.717, 1.165) is 11.1 Å². The van der Waals surface area contributed by atoms with Gasteiger partial charge < -0.3 is 26.4 Å². The molecule has 2 heterocycles. The number of nitrogens with one attached hydrogen (secondary N) is 1. The van der Waals surface area contributed by atoms with Gasteiger partial charge >= 0.3 is 0 Å². The van der Waals surface area contributed by atoms with E-state index in [9.17, 15) is 4.79 Å². The van der Waals surface area contributed by atoms with Crippen LogP contribution in [0.1, 0.15) is 29.8 Å². The highest BCUT2D eigenvalue weighted by molar-refractivity contribution is 5.95. The van der Waals surface area contributed by atoms with Crippen molar-refractivity contribution in [1.82, 2.24) is 15.2 Å². The molecule has 2 aromatic rings. The summed E-state index contributed by atoms with van der Waals surface area (Å²) in [6, 6.07) is 9.68. The molecule has 1 aliphatic rings. The zero-order chi connectivity index (χ0) is 20.1. The molecule has 28 heavy (non-hydrogen) atoms. The van der Waals surface area contributed by atoms with E-state index >= 15 is 0 Å². The predicted molar refractivity (Wildman–Crippen MR) is 111 cm³/mol. The largest absolute Gasteiger partial charge is 0.397 e. The van der Waals surface area contributed by atoms with E-state index in [0.29, 0.717) is 48.9 Å². The highest BCUT2D eigenvalue weighted by atomic mass is 16.5. The summed E-state index contributed by atoms with van der Waals surface area (Å²) >= 11 is 0. The standard InChI is InChI=1S/C21H27N5O2/c1-14(2)24-13-19(22)18-11-17(12-25-20(18)23)15-4-3-5-16(10-15)21(27)26-6-8-28-9-7-26/h3-5,10-14,24H,6-9,22H2,1-2H3,(H2,23,25)/b19-13-. The molecule has 0 unspecified atom stereocenters. The van der Waals surface area contributed by atoms with Crippen LogP contribution >= 0.6 is 0 Å². The molecule has 3 rings (SSSR count). The second-order valence-corrected chi connectivity index (χ2v) is 7.06. The zero-order valence-electron chi connectivity index (χ0n) is 16.3. The number of anilines is 1. The molecule has 1 fully saturated rings. The summed E-state index contributed by atoms with van der Waals surface area (Å²) in [4.78, 5) is 18.9. The lowest BCUT2D eigenvalue weighted by Gasteiger charge is -2.27. The molecule has 1 aromatic heterocycles. The van der Waals surface area contributed by atoms with E-state index in [4.69, 9.17) is 16.2 Å². The molecule has 0 spiro atoms. The average molecular weight is 381 g/mol. The van der Waals surface area contributed by atoms with Crippen LogP contribution in [0.3, 0.4) is 0 Å². The van der Waals surface area contributed by atoms with E-state index in [2.05, 4.69) is 10.3 Å². The smallest absolute Gasteiger partial charge is 0.254 e. The molecule has 5 N–H and O–H groups in total. The van der Waals surface area contributed by atoms with Crippen molar-refractivity contribution in [1.29, 1.82) is 0 Å². The molecular weight excluding hydrogens is 354 g/mol. The molecule has 1 aromatic carbocycles. The van der Waals surface area contributed by atoms with Crippen molar-refractivity contribution in [3.8, 4) is 11.1 Å². The summed E-state index contributed by atoms with van der Waals surface area (Å²) in [7, 11) is 0. The Morgan fingerprint density at radius 2 is 2.00 bits per heavy atom. The fourth-order valence-corrected chi connectivity index (χ4v) is 2.98. The van der Waals surface area contributed by atoms with Gasteiger partial charge in [-0.05, 0) is 37.6 Å². The first-order valence-corrected chi connectivity index (χ1v) is 9.40. The lowest BCUT2D eigenvalue weighted by Crippen LogP contribution is -2.40. The fraction of sp³-hybridized carbons (Fsp3) is 0.333.